The molecular formula is C9H16O4. The van der Waals surface area contributed by atoms with Gasteiger partial charge in [0.15, 0.2) is 5.79 Å². The molecule has 4 heteroatoms. The zero-order valence-corrected chi connectivity index (χ0v) is 8.33. The van der Waals surface area contributed by atoms with Crippen LogP contribution in [-0.2, 0) is 19.0 Å². The number of carbonyl (C=O) groups is 1. The highest BCUT2D eigenvalue weighted by molar-refractivity contribution is 5.65. The highest BCUT2D eigenvalue weighted by atomic mass is 16.7. The second-order valence-electron chi connectivity index (χ2n) is 3.34. The smallest absolute Gasteiger partial charge is 0.302 e. The molecule has 1 aliphatic rings. The Morgan fingerprint density at radius 3 is 2.85 bits per heavy atom. The number of esters is 1. The molecule has 0 bridgehead atoms. The first-order chi connectivity index (χ1) is 6.06. The topological polar surface area (TPSA) is 44.8 Å². The predicted molar refractivity (Wildman–Crippen MR) is 46.2 cm³/mol. The van der Waals surface area contributed by atoms with E-state index < -0.39 is 5.79 Å². The quantitative estimate of drug-likeness (QED) is 0.622. The number of hydrogen-bond donors (Lipinski definition) is 0. The van der Waals surface area contributed by atoms with Gasteiger partial charge < -0.3 is 14.2 Å². The summed E-state index contributed by atoms with van der Waals surface area (Å²) in [6, 6.07) is 0. The minimum atomic E-state index is -0.495. The van der Waals surface area contributed by atoms with E-state index in [1.165, 1.54) is 6.92 Å². The molecule has 1 fully saturated rings. The molecule has 0 amide bonds. The third-order valence-corrected chi connectivity index (χ3v) is 2.11. The Labute approximate surface area is 78.2 Å². The van der Waals surface area contributed by atoms with Crippen molar-refractivity contribution >= 4 is 5.97 Å². The summed E-state index contributed by atoms with van der Waals surface area (Å²) in [5, 5.41) is 0. The number of carbonyl (C=O) groups excluding carboxylic acids is 1. The van der Waals surface area contributed by atoms with Crippen molar-refractivity contribution < 1.29 is 19.0 Å². The van der Waals surface area contributed by atoms with E-state index in [9.17, 15) is 4.79 Å². The lowest BCUT2D eigenvalue weighted by atomic mass is 10.2. The van der Waals surface area contributed by atoms with Gasteiger partial charge in [0, 0.05) is 6.92 Å². The fourth-order valence-corrected chi connectivity index (χ4v) is 1.17. The minimum absolute atomic E-state index is 0.117. The molecule has 1 saturated heterocycles. The van der Waals surface area contributed by atoms with E-state index in [1.807, 2.05) is 13.8 Å². The summed E-state index contributed by atoms with van der Waals surface area (Å²) in [7, 11) is 0. The summed E-state index contributed by atoms with van der Waals surface area (Å²) in [5.74, 6) is -0.779. The average molecular weight is 188 g/mol. The molecule has 1 rings (SSSR count). The second kappa shape index (κ2) is 4.07. The van der Waals surface area contributed by atoms with E-state index in [4.69, 9.17) is 14.2 Å². The molecule has 2 atom stereocenters. The third-order valence-electron chi connectivity index (χ3n) is 2.11. The summed E-state index contributed by atoms with van der Waals surface area (Å²) in [6.45, 7) is 6.05. The Bertz CT molecular complexity index is 192. The Balaban J connectivity index is 2.29. The Kier molecular flexibility index (Phi) is 3.27. The molecule has 1 aliphatic heterocycles. The zero-order valence-electron chi connectivity index (χ0n) is 8.33. The lowest BCUT2D eigenvalue weighted by Crippen LogP contribution is -2.27. The summed E-state index contributed by atoms with van der Waals surface area (Å²) in [6.07, 6.45) is 0.678. The molecule has 0 saturated carbocycles. The van der Waals surface area contributed by atoms with Gasteiger partial charge in [0.25, 0.3) is 0 Å². The average Bonchev–Trinajstić information content (AvgIpc) is 2.45. The molecule has 2 unspecified atom stereocenters. The third kappa shape index (κ3) is 2.97. The van der Waals surface area contributed by atoms with Crippen molar-refractivity contribution in [3.05, 3.63) is 0 Å². The van der Waals surface area contributed by atoms with Gasteiger partial charge in [0.2, 0.25) is 0 Å². The van der Waals surface area contributed by atoms with Crippen LogP contribution in [0.4, 0.5) is 0 Å². The van der Waals surface area contributed by atoms with Gasteiger partial charge in [-0.15, -0.1) is 0 Å². The predicted octanol–water partition coefficient (Wildman–Crippen LogP) is 1.09. The summed E-state index contributed by atoms with van der Waals surface area (Å²) in [5.41, 5.74) is 0. The van der Waals surface area contributed by atoms with E-state index in [0.29, 0.717) is 6.61 Å². The van der Waals surface area contributed by atoms with Crippen molar-refractivity contribution in [1.82, 2.24) is 0 Å². The highest BCUT2D eigenvalue weighted by Crippen LogP contribution is 2.26. The lowest BCUT2D eigenvalue weighted by Gasteiger charge is -2.20. The van der Waals surface area contributed by atoms with Crippen LogP contribution in [0, 0.1) is 0 Å². The summed E-state index contributed by atoms with van der Waals surface area (Å²) in [4.78, 5) is 10.5. The number of rotatable bonds is 3. The van der Waals surface area contributed by atoms with Gasteiger partial charge >= 0.3 is 5.97 Å². The van der Waals surface area contributed by atoms with E-state index in [0.717, 1.165) is 6.42 Å². The minimum Gasteiger partial charge on any atom is -0.463 e. The number of ether oxygens (including phenoxy) is 3. The van der Waals surface area contributed by atoms with Crippen LogP contribution in [0.25, 0.3) is 0 Å². The molecule has 0 aromatic rings. The van der Waals surface area contributed by atoms with Crippen LogP contribution in [0.15, 0.2) is 0 Å². The molecule has 13 heavy (non-hydrogen) atoms. The Morgan fingerprint density at radius 2 is 2.38 bits per heavy atom. The van der Waals surface area contributed by atoms with Gasteiger partial charge in [-0.05, 0) is 13.3 Å². The van der Waals surface area contributed by atoms with Crippen molar-refractivity contribution in [3.8, 4) is 0 Å². The normalized spacial score (nSPS) is 33.3. The van der Waals surface area contributed by atoms with Gasteiger partial charge in [0.05, 0.1) is 6.61 Å². The van der Waals surface area contributed by atoms with Crippen molar-refractivity contribution in [2.75, 3.05) is 13.2 Å². The van der Waals surface area contributed by atoms with E-state index in [1.54, 1.807) is 0 Å². The van der Waals surface area contributed by atoms with Crippen LogP contribution >= 0.6 is 0 Å². The molecule has 0 aliphatic carbocycles. The van der Waals surface area contributed by atoms with Crippen molar-refractivity contribution in [1.29, 1.82) is 0 Å². The maximum absolute atomic E-state index is 10.5. The van der Waals surface area contributed by atoms with E-state index in [-0.39, 0.29) is 18.7 Å². The first kappa shape index (κ1) is 10.5. The summed E-state index contributed by atoms with van der Waals surface area (Å²) >= 11 is 0. The fraction of sp³-hybridized carbons (Fsp3) is 0.889. The van der Waals surface area contributed by atoms with Gasteiger partial charge in [-0.1, -0.05) is 6.92 Å². The monoisotopic (exact) mass is 188 g/mol. The van der Waals surface area contributed by atoms with Crippen LogP contribution in [0.5, 0.6) is 0 Å². The molecule has 4 nitrogen and oxygen atoms in total. The van der Waals surface area contributed by atoms with Crippen molar-refractivity contribution in [2.45, 2.75) is 39.1 Å². The Hall–Kier alpha value is -0.610. The molecule has 0 spiro atoms. The molecule has 1 heterocycles. The second-order valence-corrected chi connectivity index (χ2v) is 3.34. The standard InChI is InChI=1S/C9H16O4/c1-4-9(3)12-6-8(13-9)5-11-7(2)10/h8H,4-6H2,1-3H3. The summed E-state index contributed by atoms with van der Waals surface area (Å²) < 4.78 is 15.8. The van der Waals surface area contributed by atoms with Crippen molar-refractivity contribution in [2.24, 2.45) is 0 Å². The highest BCUT2D eigenvalue weighted by Gasteiger charge is 2.35. The zero-order chi connectivity index (χ0) is 9.90. The lowest BCUT2D eigenvalue weighted by molar-refractivity contribution is -0.166. The molecule has 0 radical (unpaired) electrons. The maximum atomic E-state index is 10.5. The first-order valence-corrected chi connectivity index (χ1v) is 4.51. The molecule has 76 valence electrons. The van der Waals surface area contributed by atoms with Crippen molar-refractivity contribution in [3.63, 3.8) is 0 Å². The number of hydrogen-bond acceptors (Lipinski definition) is 4. The SMILES string of the molecule is CCC1(C)OCC(COC(C)=O)O1. The van der Waals surface area contributed by atoms with Gasteiger partial charge in [-0.3, -0.25) is 4.79 Å². The molecule has 0 aromatic heterocycles. The Morgan fingerprint density at radius 1 is 1.69 bits per heavy atom. The van der Waals surface area contributed by atoms with Crippen LogP contribution in [0.1, 0.15) is 27.2 Å². The largest absolute Gasteiger partial charge is 0.463 e. The van der Waals surface area contributed by atoms with E-state index in [2.05, 4.69) is 0 Å². The fourth-order valence-electron chi connectivity index (χ4n) is 1.17. The van der Waals surface area contributed by atoms with Crippen LogP contribution in [0.2, 0.25) is 0 Å². The maximum Gasteiger partial charge on any atom is 0.302 e. The van der Waals surface area contributed by atoms with Gasteiger partial charge in [-0.25, -0.2) is 0 Å². The first-order valence-electron chi connectivity index (χ1n) is 4.51. The van der Waals surface area contributed by atoms with Crippen LogP contribution < -0.4 is 0 Å². The molecular weight excluding hydrogens is 172 g/mol. The van der Waals surface area contributed by atoms with Gasteiger partial charge in [0.1, 0.15) is 12.7 Å². The van der Waals surface area contributed by atoms with E-state index >= 15 is 0 Å². The molecule has 0 aromatic carbocycles. The van der Waals surface area contributed by atoms with Crippen LogP contribution in [-0.4, -0.2) is 31.1 Å². The molecule has 0 N–H and O–H groups in total. The van der Waals surface area contributed by atoms with Gasteiger partial charge in [-0.2, -0.15) is 0 Å². The van der Waals surface area contributed by atoms with Crippen LogP contribution in [0.3, 0.4) is 0 Å².